The van der Waals surface area contributed by atoms with Crippen molar-refractivity contribution in [2.45, 2.75) is 26.4 Å². The third-order valence-electron chi connectivity index (χ3n) is 2.80. The molecule has 0 aliphatic rings. The molecule has 0 fully saturated rings. The highest BCUT2D eigenvalue weighted by Crippen LogP contribution is 2.26. The number of hydrogen-bond acceptors (Lipinski definition) is 3. The predicted octanol–water partition coefficient (Wildman–Crippen LogP) is 3.22. The van der Waals surface area contributed by atoms with E-state index in [9.17, 15) is 4.79 Å². The lowest BCUT2D eigenvalue weighted by molar-refractivity contribution is 0.112. The molecule has 3 nitrogen and oxygen atoms in total. The fraction of sp³-hybridized carbons (Fsp3) is 0.286. The molecule has 3 heteroatoms. The van der Waals surface area contributed by atoms with Gasteiger partial charge >= 0.3 is 0 Å². The summed E-state index contributed by atoms with van der Waals surface area (Å²) in [4.78, 5) is 15.2. The van der Waals surface area contributed by atoms with Crippen molar-refractivity contribution in [1.29, 1.82) is 0 Å². The standard InChI is InChI=1S/C14H15NO2/c1-3-10(2)17-13-7-6-11(9-16)12-5-4-8-15-14(12)13/h4-10H,3H2,1-2H3/t10-/m0/s1. The second-order valence-corrected chi connectivity index (χ2v) is 4.01. The maximum absolute atomic E-state index is 10.9. The van der Waals surface area contributed by atoms with Crippen molar-refractivity contribution in [3.63, 3.8) is 0 Å². The number of carbonyl (C=O) groups excluding carboxylic acids is 1. The first-order valence-corrected chi connectivity index (χ1v) is 5.75. The summed E-state index contributed by atoms with van der Waals surface area (Å²) in [5, 5.41) is 0.836. The molecule has 0 unspecified atom stereocenters. The first-order chi connectivity index (χ1) is 8.26. The monoisotopic (exact) mass is 229 g/mol. The molecule has 2 rings (SSSR count). The van der Waals surface area contributed by atoms with Gasteiger partial charge in [0.1, 0.15) is 11.3 Å². The van der Waals surface area contributed by atoms with Crippen molar-refractivity contribution in [2.75, 3.05) is 0 Å². The number of hydrogen-bond donors (Lipinski definition) is 0. The van der Waals surface area contributed by atoms with Gasteiger partial charge in [-0.3, -0.25) is 9.78 Å². The van der Waals surface area contributed by atoms with Crippen LogP contribution in [0.1, 0.15) is 30.6 Å². The van der Waals surface area contributed by atoms with E-state index in [0.717, 1.165) is 29.4 Å². The summed E-state index contributed by atoms with van der Waals surface area (Å²) >= 11 is 0. The topological polar surface area (TPSA) is 39.2 Å². The highest BCUT2D eigenvalue weighted by atomic mass is 16.5. The number of ether oxygens (including phenoxy) is 1. The van der Waals surface area contributed by atoms with Crippen LogP contribution in [-0.4, -0.2) is 17.4 Å². The SMILES string of the molecule is CC[C@H](C)Oc1ccc(C=O)c2cccnc12. The molecule has 0 aliphatic carbocycles. The largest absolute Gasteiger partial charge is 0.488 e. The molecule has 1 atom stereocenters. The number of nitrogens with zero attached hydrogens (tertiary/aromatic N) is 1. The van der Waals surface area contributed by atoms with Crippen molar-refractivity contribution in [1.82, 2.24) is 4.98 Å². The van der Waals surface area contributed by atoms with E-state index < -0.39 is 0 Å². The molecule has 0 spiro atoms. The lowest BCUT2D eigenvalue weighted by Gasteiger charge is -2.14. The van der Waals surface area contributed by atoms with Crippen molar-refractivity contribution in [3.05, 3.63) is 36.0 Å². The number of carbonyl (C=O) groups is 1. The number of aromatic nitrogens is 1. The molecule has 0 radical (unpaired) electrons. The minimum absolute atomic E-state index is 0.141. The molecule has 1 heterocycles. The van der Waals surface area contributed by atoms with Crippen LogP contribution in [0.25, 0.3) is 10.9 Å². The Labute approximate surface area is 100 Å². The third-order valence-corrected chi connectivity index (χ3v) is 2.80. The zero-order valence-corrected chi connectivity index (χ0v) is 10.0. The lowest BCUT2D eigenvalue weighted by atomic mass is 10.1. The van der Waals surface area contributed by atoms with Gasteiger partial charge < -0.3 is 4.74 Å². The van der Waals surface area contributed by atoms with E-state index in [0.29, 0.717) is 5.56 Å². The van der Waals surface area contributed by atoms with Gasteiger partial charge in [-0.05, 0) is 31.5 Å². The molecule has 17 heavy (non-hydrogen) atoms. The van der Waals surface area contributed by atoms with Crippen LogP contribution in [0.2, 0.25) is 0 Å². The van der Waals surface area contributed by atoms with Gasteiger partial charge in [0.15, 0.2) is 6.29 Å². The normalized spacial score (nSPS) is 12.4. The molecule has 88 valence electrons. The van der Waals surface area contributed by atoms with Gasteiger partial charge in [0, 0.05) is 17.1 Å². The van der Waals surface area contributed by atoms with E-state index in [4.69, 9.17) is 4.74 Å². The van der Waals surface area contributed by atoms with E-state index in [1.54, 1.807) is 12.3 Å². The highest BCUT2D eigenvalue weighted by molar-refractivity contribution is 5.98. The average molecular weight is 229 g/mol. The molecule has 0 aliphatic heterocycles. The molecular weight excluding hydrogens is 214 g/mol. The van der Waals surface area contributed by atoms with Gasteiger partial charge in [-0.25, -0.2) is 0 Å². The van der Waals surface area contributed by atoms with Gasteiger partial charge in [-0.2, -0.15) is 0 Å². The quantitative estimate of drug-likeness (QED) is 0.755. The van der Waals surface area contributed by atoms with E-state index >= 15 is 0 Å². The summed E-state index contributed by atoms with van der Waals surface area (Å²) in [5.74, 6) is 0.737. The smallest absolute Gasteiger partial charge is 0.150 e. The zero-order chi connectivity index (χ0) is 12.3. The van der Waals surface area contributed by atoms with Crippen molar-refractivity contribution in [3.8, 4) is 5.75 Å². The minimum atomic E-state index is 0.141. The maximum atomic E-state index is 10.9. The number of pyridine rings is 1. The molecule has 0 bridgehead atoms. The molecule has 0 saturated heterocycles. The Morgan fingerprint density at radius 2 is 2.24 bits per heavy atom. The fourth-order valence-corrected chi connectivity index (χ4v) is 1.67. The number of aldehydes is 1. The summed E-state index contributed by atoms with van der Waals surface area (Å²) in [7, 11) is 0. The number of benzene rings is 1. The van der Waals surface area contributed by atoms with E-state index in [2.05, 4.69) is 11.9 Å². The van der Waals surface area contributed by atoms with Crippen LogP contribution in [0.3, 0.4) is 0 Å². The molecular formula is C14H15NO2. The molecule has 2 aromatic rings. The van der Waals surface area contributed by atoms with Crippen LogP contribution >= 0.6 is 0 Å². The van der Waals surface area contributed by atoms with Crippen LogP contribution in [-0.2, 0) is 0 Å². The van der Waals surface area contributed by atoms with Gasteiger partial charge in [-0.15, -0.1) is 0 Å². The van der Waals surface area contributed by atoms with Crippen LogP contribution in [0.5, 0.6) is 5.75 Å². The third kappa shape index (κ3) is 2.28. The Hall–Kier alpha value is -1.90. The average Bonchev–Trinajstić information content (AvgIpc) is 2.39. The lowest BCUT2D eigenvalue weighted by Crippen LogP contribution is -2.10. The first kappa shape index (κ1) is 11.6. The fourth-order valence-electron chi connectivity index (χ4n) is 1.67. The summed E-state index contributed by atoms with van der Waals surface area (Å²) < 4.78 is 5.80. The van der Waals surface area contributed by atoms with Crippen molar-refractivity contribution < 1.29 is 9.53 Å². The van der Waals surface area contributed by atoms with Crippen molar-refractivity contribution in [2.24, 2.45) is 0 Å². The Bertz CT molecular complexity index is 537. The Kier molecular flexibility index (Phi) is 3.38. The van der Waals surface area contributed by atoms with Crippen LogP contribution in [0.15, 0.2) is 30.5 Å². The number of fused-ring (bicyclic) bond motifs is 1. The molecule has 0 saturated carbocycles. The second-order valence-electron chi connectivity index (χ2n) is 4.01. The summed E-state index contributed by atoms with van der Waals surface area (Å²) in [6.45, 7) is 4.09. The van der Waals surface area contributed by atoms with E-state index in [1.807, 2.05) is 25.1 Å². The molecule has 1 aromatic carbocycles. The van der Waals surface area contributed by atoms with Crippen LogP contribution in [0, 0.1) is 0 Å². The molecule has 1 aromatic heterocycles. The van der Waals surface area contributed by atoms with Gasteiger partial charge in [-0.1, -0.05) is 13.0 Å². The maximum Gasteiger partial charge on any atom is 0.150 e. The van der Waals surface area contributed by atoms with Crippen molar-refractivity contribution >= 4 is 17.2 Å². The summed E-state index contributed by atoms with van der Waals surface area (Å²) in [6, 6.07) is 7.29. The second kappa shape index (κ2) is 4.95. The van der Waals surface area contributed by atoms with Crippen LogP contribution in [0.4, 0.5) is 0 Å². The summed E-state index contributed by atoms with van der Waals surface area (Å²) in [5.41, 5.74) is 1.39. The first-order valence-electron chi connectivity index (χ1n) is 5.75. The molecule has 0 N–H and O–H groups in total. The van der Waals surface area contributed by atoms with E-state index in [-0.39, 0.29) is 6.10 Å². The van der Waals surface area contributed by atoms with Gasteiger partial charge in [0.2, 0.25) is 0 Å². The Morgan fingerprint density at radius 3 is 2.94 bits per heavy atom. The van der Waals surface area contributed by atoms with Gasteiger partial charge in [0.05, 0.1) is 6.10 Å². The minimum Gasteiger partial charge on any atom is -0.488 e. The predicted molar refractivity (Wildman–Crippen MR) is 67.5 cm³/mol. The van der Waals surface area contributed by atoms with Crippen LogP contribution < -0.4 is 4.74 Å². The molecule has 0 amide bonds. The van der Waals surface area contributed by atoms with Gasteiger partial charge in [0.25, 0.3) is 0 Å². The number of rotatable bonds is 4. The Balaban J connectivity index is 2.54. The van der Waals surface area contributed by atoms with E-state index in [1.165, 1.54) is 0 Å². The summed E-state index contributed by atoms with van der Waals surface area (Å²) in [6.07, 6.45) is 3.63. The Morgan fingerprint density at radius 1 is 1.41 bits per heavy atom. The highest BCUT2D eigenvalue weighted by Gasteiger charge is 2.09. The zero-order valence-electron chi connectivity index (χ0n) is 10.0.